The number of amides is 2. The summed E-state index contributed by atoms with van der Waals surface area (Å²) in [5.74, 6) is 0.637. The third-order valence-corrected chi connectivity index (χ3v) is 6.01. The molecule has 178 valence electrons. The molecule has 3 rings (SSSR count). The van der Waals surface area contributed by atoms with Crippen LogP contribution in [-0.4, -0.2) is 44.4 Å². The zero-order valence-electron chi connectivity index (χ0n) is 18.3. The number of thioether (sulfide) groups is 1. The van der Waals surface area contributed by atoms with Crippen LogP contribution in [0, 0.1) is 10.1 Å². The number of anilines is 1. The minimum atomic E-state index is -0.572. The molecular formula is C21H21ClN6O5S. The van der Waals surface area contributed by atoms with Gasteiger partial charge >= 0.3 is 0 Å². The number of hydrogen-bond acceptors (Lipinski definition) is 8. The van der Waals surface area contributed by atoms with Crippen LogP contribution in [0.3, 0.4) is 0 Å². The van der Waals surface area contributed by atoms with E-state index in [0.717, 1.165) is 23.1 Å². The van der Waals surface area contributed by atoms with Crippen molar-refractivity contribution in [3.8, 4) is 5.75 Å². The van der Waals surface area contributed by atoms with Crippen molar-refractivity contribution < 1.29 is 19.2 Å². The first-order chi connectivity index (χ1) is 16.3. The van der Waals surface area contributed by atoms with Gasteiger partial charge in [0, 0.05) is 19.2 Å². The summed E-state index contributed by atoms with van der Waals surface area (Å²) >= 11 is 7.13. The number of carbonyl (C=O) groups excluding carboxylic acids is 2. The summed E-state index contributed by atoms with van der Waals surface area (Å²) in [6, 6.07) is 11.0. The highest BCUT2D eigenvalue weighted by molar-refractivity contribution is 7.99. The van der Waals surface area contributed by atoms with Gasteiger partial charge in [-0.3, -0.25) is 19.7 Å². The normalized spacial score (nSPS) is 10.6. The molecule has 11 nitrogen and oxygen atoms in total. The molecule has 0 saturated carbocycles. The third kappa shape index (κ3) is 6.68. The van der Waals surface area contributed by atoms with E-state index in [9.17, 15) is 19.7 Å². The van der Waals surface area contributed by atoms with Gasteiger partial charge < -0.3 is 19.9 Å². The molecule has 13 heteroatoms. The summed E-state index contributed by atoms with van der Waals surface area (Å²) in [6.45, 7) is 0.175. The molecule has 3 aromatic rings. The summed E-state index contributed by atoms with van der Waals surface area (Å²) in [6.07, 6.45) is 0.212. The fraction of sp³-hybridized carbons (Fsp3) is 0.238. The number of aromatic nitrogens is 3. The van der Waals surface area contributed by atoms with Crippen molar-refractivity contribution in [3.05, 3.63) is 69.0 Å². The first-order valence-corrected chi connectivity index (χ1v) is 11.3. The molecular weight excluding hydrogens is 484 g/mol. The van der Waals surface area contributed by atoms with Crippen molar-refractivity contribution in [1.82, 2.24) is 20.1 Å². The van der Waals surface area contributed by atoms with E-state index in [-0.39, 0.29) is 41.0 Å². The molecule has 0 aliphatic carbocycles. The number of nitrogens with zero attached hydrogens (tertiary/aromatic N) is 4. The molecule has 2 N–H and O–H groups in total. The third-order valence-electron chi connectivity index (χ3n) is 4.66. The second kappa shape index (κ2) is 11.5. The number of halogens is 1. The monoisotopic (exact) mass is 504 g/mol. The van der Waals surface area contributed by atoms with Crippen LogP contribution in [0.5, 0.6) is 5.75 Å². The Morgan fingerprint density at radius 1 is 1.18 bits per heavy atom. The zero-order chi connectivity index (χ0) is 24.7. The predicted molar refractivity (Wildman–Crippen MR) is 127 cm³/mol. The minimum Gasteiger partial charge on any atom is -0.497 e. The van der Waals surface area contributed by atoms with E-state index in [1.54, 1.807) is 30.9 Å². The SMILES string of the molecule is COc1ccc(CC(=O)NCc2nnc(SCC(=O)Nc3cc([N+](=O)[O-])ccc3Cl)n2C)cc1. The lowest BCUT2D eigenvalue weighted by Gasteiger charge is -2.08. The summed E-state index contributed by atoms with van der Waals surface area (Å²) in [5.41, 5.74) is 0.821. The van der Waals surface area contributed by atoms with Gasteiger partial charge in [0.05, 0.1) is 41.5 Å². The fourth-order valence-corrected chi connectivity index (χ4v) is 3.73. The molecule has 1 heterocycles. The quantitative estimate of drug-likeness (QED) is 0.244. The molecule has 0 saturated heterocycles. The van der Waals surface area contributed by atoms with Crippen LogP contribution >= 0.6 is 23.4 Å². The maximum Gasteiger partial charge on any atom is 0.271 e. The van der Waals surface area contributed by atoms with Crippen molar-refractivity contribution in [2.75, 3.05) is 18.2 Å². The lowest BCUT2D eigenvalue weighted by atomic mass is 10.1. The van der Waals surface area contributed by atoms with Crippen molar-refractivity contribution in [1.29, 1.82) is 0 Å². The van der Waals surface area contributed by atoms with Gasteiger partial charge in [-0.05, 0) is 23.8 Å². The summed E-state index contributed by atoms with van der Waals surface area (Å²) in [5, 5.41) is 25.0. The van der Waals surface area contributed by atoms with E-state index in [2.05, 4.69) is 20.8 Å². The van der Waals surface area contributed by atoms with E-state index in [1.165, 1.54) is 18.2 Å². The Kier molecular flexibility index (Phi) is 8.44. The van der Waals surface area contributed by atoms with E-state index in [1.807, 2.05) is 12.1 Å². The van der Waals surface area contributed by atoms with E-state index < -0.39 is 10.8 Å². The number of non-ortho nitro benzene ring substituents is 1. The molecule has 2 aromatic carbocycles. The minimum absolute atomic E-state index is 0.0190. The average molecular weight is 505 g/mol. The Morgan fingerprint density at radius 3 is 2.59 bits per heavy atom. The number of methoxy groups -OCH3 is 1. The number of ether oxygens (including phenoxy) is 1. The molecule has 2 amide bonds. The Labute approximate surface area is 204 Å². The van der Waals surface area contributed by atoms with Crippen LogP contribution in [0.25, 0.3) is 0 Å². The molecule has 0 atom stereocenters. The van der Waals surface area contributed by atoms with Crippen molar-refractivity contribution >= 4 is 46.6 Å². The van der Waals surface area contributed by atoms with Crippen LogP contribution < -0.4 is 15.4 Å². The number of carbonyl (C=O) groups is 2. The van der Waals surface area contributed by atoms with Gasteiger partial charge in [0.25, 0.3) is 5.69 Å². The molecule has 0 spiro atoms. The van der Waals surface area contributed by atoms with Crippen LogP contribution in [0.1, 0.15) is 11.4 Å². The number of nitro groups is 1. The van der Waals surface area contributed by atoms with Gasteiger partial charge in [-0.1, -0.05) is 35.5 Å². The highest BCUT2D eigenvalue weighted by Gasteiger charge is 2.15. The lowest BCUT2D eigenvalue weighted by molar-refractivity contribution is -0.384. The standard InChI is InChI=1S/C21H21ClN6O5S/c1-27-18(11-23-19(29)9-13-3-6-15(33-2)7-4-13)25-26-21(27)34-12-20(30)24-17-10-14(28(31)32)5-8-16(17)22/h3-8,10H,9,11-12H2,1-2H3,(H,23,29)(H,24,30). The van der Waals surface area contributed by atoms with Crippen molar-refractivity contribution in [2.24, 2.45) is 7.05 Å². The summed E-state index contributed by atoms with van der Waals surface area (Å²) in [7, 11) is 3.30. The van der Waals surface area contributed by atoms with Gasteiger partial charge in [0.2, 0.25) is 11.8 Å². The average Bonchev–Trinajstić information content (AvgIpc) is 3.17. The zero-order valence-corrected chi connectivity index (χ0v) is 19.9. The highest BCUT2D eigenvalue weighted by atomic mass is 35.5. The van der Waals surface area contributed by atoms with E-state index >= 15 is 0 Å². The Hall–Kier alpha value is -3.64. The first-order valence-electron chi connectivity index (χ1n) is 9.91. The summed E-state index contributed by atoms with van der Waals surface area (Å²) < 4.78 is 6.77. The van der Waals surface area contributed by atoms with Crippen LogP contribution in [0.15, 0.2) is 47.6 Å². The topological polar surface area (TPSA) is 141 Å². The first kappa shape index (κ1) is 25.0. The second-order valence-electron chi connectivity index (χ2n) is 7.02. The lowest BCUT2D eigenvalue weighted by Crippen LogP contribution is -2.26. The second-order valence-corrected chi connectivity index (χ2v) is 8.37. The van der Waals surface area contributed by atoms with Crippen LogP contribution in [0.2, 0.25) is 5.02 Å². The summed E-state index contributed by atoms with van der Waals surface area (Å²) in [4.78, 5) is 34.8. The smallest absolute Gasteiger partial charge is 0.271 e. The Balaban J connectivity index is 1.50. The van der Waals surface area contributed by atoms with Crippen molar-refractivity contribution in [2.45, 2.75) is 18.1 Å². The van der Waals surface area contributed by atoms with Crippen molar-refractivity contribution in [3.63, 3.8) is 0 Å². The number of nitro benzene ring substituents is 1. The van der Waals surface area contributed by atoms with E-state index in [4.69, 9.17) is 16.3 Å². The molecule has 34 heavy (non-hydrogen) atoms. The number of rotatable bonds is 10. The molecule has 0 aliphatic rings. The fourth-order valence-electron chi connectivity index (χ4n) is 2.83. The molecule has 0 fully saturated rings. The van der Waals surface area contributed by atoms with Gasteiger partial charge in [0.15, 0.2) is 11.0 Å². The molecule has 0 bridgehead atoms. The van der Waals surface area contributed by atoms with Gasteiger partial charge in [-0.25, -0.2) is 0 Å². The molecule has 0 aliphatic heterocycles. The predicted octanol–water partition coefficient (Wildman–Crippen LogP) is 2.98. The molecule has 0 radical (unpaired) electrons. The number of nitrogens with one attached hydrogen (secondary N) is 2. The van der Waals surface area contributed by atoms with Gasteiger partial charge in [-0.2, -0.15) is 0 Å². The van der Waals surface area contributed by atoms with Gasteiger partial charge in [0.1, 0.15) is 5.75 Å². The molecule has 0 unspecified atom stereocenters. The maximum absolute atomic E-state index is 12.3. The highest BCUT2D eigenvalue weighted by Crippen LogP contribution is 2.27. The molecule has 1 aromatic heterocycles. The van der Waals surface area contributed by atoms with Crippen LogP contribution in [0.4, 0.5) is 11.4 Å². The maximum atomic E-state index is 12.3. The van der Waals surface area contributed by atoms with Gasteiger partial charge in [-0.15, -0.1) is 10.2 Å². The Bertz CT molecular complexity index is 1200. The largest absolute Gasteiger partial charge is 0.497 e. The van der Waals surface area contributed by atoms with Crippen LogP contribution in [-0.2, 0) is 29.6 Å². The Morgan fingerprint density at radius 2 is 1.91 bits per heavy atom. The van der Waals surface area contributed by atoms with E-state index in [0.29, 0.717) is 11.0 Å². The number of benzene rings is 2. The number of hydrogen-bond donors (Lipinski definition) is 2.